The van der Waals surface area contributed by atoms with Gasteiger partial charge in [0.2, 0.25) is 0 Å². The average Bonchev–Trinajstić information content (AvgIpc) is 2.90. The lowest BCUT2D eigenvalue weighted by atomic mass is 10.00. The summed E-state index contributed by atoms with van der Waals surface area (Å²) in [6.07, 6.45) is 1.50. The van der Waals surface area contributed by atoms with E-state index < -0.39 is 4.75 Å². The normalized spacial score (nSPS) is 20.7. The summed E-state index contributed by atoms with van der Waals surface area (Å²) in [5, 5.41) is 12.5. The largest absolute Gasteiger partial charge is 0.358 e. The van der Waals surface area contributed by atoms with Gasteiger partial charge in [-0.15, -0.1) is 0 Å². The summed E-state index contributed by atoms with van der Waals surface area (Å²) >= 11 is 1.25. The zero-order chi connectivity index (χ0) is 18.0. The van der Waals surface area contributed by atoms with Crippen molar-refractivity contribution in [3.63, 3.8) is 0 Å². The third kappa shape index (κ3) is 3.26. The molecule has 0 aliphatic carbocycles. The lowest BCUT2D eigenvalue weighted by Gasteiger charge is -2.21. The van der Waals surface area contributed by atoms with Crippen molar-refractivity contribution in [2.24, 2.45) is 4.99 Å². The summed E-state index contributed by atoms with van der Waals surface area (Å²) in [5.74, 6) is -0.635. The first-order valence-electron chi connectivity index (χ1n) is 7.64. The van der Waals surface area contributed by atoms with Crippen molar-refractivity contribution in [3.05, 3.63) is 65.2 Å². The number of halogens is 1. The second kappa shape index (κ2) is 6.65. The van der Waals surface area contributed by atoms with Crippen LogP contribution in [0.15, 0.2) is 47.6 Å². The first-order valence-corrected chi connectivity index (χ1v) is 8.45. The van der Waals surface area contributed by atoms with Crippen LogP contribution in [0.4, 0.5) is 4.39 Å². The molecule has 1 aromatic heterocycles. The highest BCUT2D eigenvalue weighted by molar-refractivity contribution is 8.15. The maximum atomic E-state index is 13.9. The Morgan fingerprint density at radius 1 is 1.36 bits per heavy atom. The number of pyridine rings is 1. The fourth-order valence-electron chi connectivity index (χ4n) is 2.58. The highest BCUT2D eigenvalue weighted by Gasteiger charge is 2.43. The van der Waals surface area contributed by atoms with Crippen molar-refractivity contribution in [1.29, 1.82) is 5.26 Å². The molecule has 0 radical (unpaired) electrons. The molecule has 25 heavy (non-hydrogen) atoms. The number of benzene rings is 1. The van der Waals surface area contributed by atoms with Crippen LogP contribution in [0.25, 0.3) is 0 Å². The predicted molar refractivity (Wildman–Crippen MR) is 94.3 cm³/mol. The van der Waals surface area contributed by atoms with Crippen molar-refractivity contribution in [2.75, 3.05) is 0 Å². The molecule has 1 aliphatic heterocycles. The minimum atomic E-state index is -0.939. The van der Waals surface area contributed by atoms with Gasteiger partial charge in [0.1, 0.15) is 22.3 Å². The lowest BCUT2D eigenvalue weighted by Crippen LogP contribution is -2.27. The van der Waals surface area contributed by atoms with Crippen LogP contribution in [0.3, 0.4) is 0 Å². The second-order valence-electron chi connectivity index (χ2n) is 5.79. The van der Waals surface area contributed by atoms with Gasteiger partial charge in [0.25, 0.3) is 5.91 Å². The van der Waals surface area contributed by atoms with E-state index >= 15 is 0 Å². The van der Waals surface area contributed by atoms with Gasteiger partial charge in [-0.1, -0.05) is 30.0 Å². The molecule has 2 heterocycles. The molecule has 3 rings (SSSR count). The van der Waals surface area contributed by atoms with Crippen LogP contribution in [0.1, 0.15) is 36.7 Å². The number of hydrogen-bond acceptors (Lipinski definition) is 5. The maximum absolute atomic E-state index is 13.9. The quantitative estimate of drug-likeness (QED) is 0.915. The van der Waals surface area contributed by atoms with Crippen molar-refractivity contribution < 1.29 is 9.18 Å². The molecule has 1 unspecified atom stereocenters. The van der Waals surface area contributed by atoms with E-state index in [1.165, 1.54) is 24.0 Å². The van der Waals surface area contributed by atoms with E-state index in [4.69, 9.17) is 5.26 Å². The summed E-state index contributed by atoms with van der Waals surface area (Å²) in [6, 6.07) is 11.4. The van der Waals surface area contributed by atoms with Crippen LogP contribution in [0, 0.1) is 17.1 Å². The van der Waals surface area contributed by atoms with Gasteiger partial charge in [-0.25, -0.2) is 9.37 Å². The van der Waals surface area contributed by atoms with Crippen LogP contribution in [0.5, 0.6) is 0 Å². The van der Waals surface area contributed by atoms with Gasteiger partial charge in [0.05, 0.1) is 6.04 Å². The number of aliphatic imine (C=N–C) groups is 1. The molecule has 5 nitrogen and oxygen atoms in total. The van der Waals surface area contributed by atoms with Crippen molar-refractivity contribution in [2.45, 2.75) is 24.6 Å². The van der Waals surface area contributed by atoms with E-state index in [0.717, 1.165) is 0 Å². The lowest BCUT2D eigenvalue weighted by molar-refractivity contribution is -0.119. The minimum absolute atomic E-state index is 0.244. The summed E-state index contributed by atoms with van der Waals surface area (Å²) in [5.41, 5.74) is 1.41. The summed E-state index contributed by atoms with van der Waals surface area (Å²) in [6.45, 7) is 3.56. The first kappa shape index (κ1) is 17.1. The Hall–Kier alpha value is -2.72. The summed E-state index contributed by atoms with van der Waals surface area (Å²) in [4.78, 5) is 20.5. The molecular weight excluding hydrogens is 339 g/mol. The maximum Gasteiger partial charge on any atom is 0.268 e. The van der Waals surface area contributed by atoms with E-state index in [9.17, 15) is 9.18 Å². The molecule has 126 valence electrons. The number of aromatic nitrogens is 1. The zero-order valence-electron chi connectivity index (χ0n) is 13.7. The molecule has 0 fully saturated rings. The van der Waals surface area contributed by atoms with Gasteiger partial charge in [-0.05, 0) is 37.6 Å². The number of carbonyl (C=O) groups excluding carboxylic acids is 1. The molecule has 2 aromatic rings. The van der Waals surface area contributed by atoms with Crippen molar-refractivity contribution in [3.8, 4) is 6.07 Å². The zero-order valence-corrected chi connectivity index (χ0v) is 14.5. The second-order valence-corrected chi connectivity index (χ2v) is 7.19. The van der Waals surface area contributed by atoms with Crippen molar-refractivity contribution in [1.82, 2.24) is 10.3 Å². The number of carbonyl (C=O) groups is 1. The first-order chi connectivity index (χ1) is 11.9. The van der Waals surface area contributed by atoms with E-state index in [-0.39, 0.29) is 23.5 Å². The van der Waals surface area contributed by atoms with Gasteiger partial charge >= 0.3 is 0 Å². The van der Waals surface area contributed by atoms with Crippen LogP contribution < -0.4 is 5.32 Å². The number of nitrogens with zero attached hydrogens (tertiary/aromatic N) is 3. The van der Waals surface area contributed by atoms with Crippen LogP contribution >= 0.6 is 11.8 Å². The number of hydrogen-bond donors (Lipinski definition) is 1. The third-order valence-corrected chi connectivity index (χ3v) is 5.27. The van der Waals surface area contributed by atoms with Crippen LogP contribution in [-0.2, 0) is 9.54 Å². The van der Waals surface area contributed by atoms with Gasteiger partial charge in [-0.3, -0.25) is 4.79 Å². The number of amides is 1. The molecular formula is C18H15FN4OS. The molecule has 1 aliphatic rings. The van der Waals surface area contributed by atoms with Crippen LogP contribution in [0.2, 0.25) is 0 Å². The molecule has 7 heteroatoms. The Labute approximate surface area is 149 Å². The molecule has 0 saturated heterocycles. The Morgan fingerprint density at radius 2 is 2.12 bits per heavy atom. The highest BCUT2D eigenvalue weighted by atomic mass is 32.2. The Balaban J connectivity index is 1.81. The number of nitrogens with one attached hydrogen (secondary N) is 1. The van der Waals surface area contributed by atoms with Crippen LogP contribution in [-0.4, -0.2) is 16.1 Å². The average molecular weight is 354 g/mol. The number of nitriles is 1. The minimum Gasteiger partial charge on any atom is -0.358 e. The standard InChI is InChI=1S/C18H15FN4OS/c1-11(14-5-3-4-6-15(14)19)22-17-23-16(24)18(2,25-17)12-7-8-21-13(9-12)10-20/h3-9,11H,1-2H3,(H,22,23,24)/t11-,18?/m0/s1. The molecule has 0 saturated carbocycles. The van der Waals surface area contributed by atoms with E-state index in [0.29, 0.717) is 16.3 Å². The highest BCUT2D eigenvalue weighted by Crippen LogP contribution is 2.42. The van der Waals surface area contributed by atoms with Gasteiger partial charge < -0.3 is 5.32 Å². The van der Waals surface area contributed by atoms with E-state index in [2.05, 4.69) is 15.3 Å². The molecule has 0 bridgehead atoms. The Kier molecular flexibility index (Phi) is 4.55. The third-order valence-electron chi connectivity index (χ3n) is 4.05. The number of rotatable bonds is 3. The smallest absolute Gasteiger partial charge is 0.268 e. The predicted octanol–water partition coefficient (Wildman–Crippen LogP) is 3.29. The summed E-state index contributed by atoms with van der Waals surface area (Å²) in [7, 11) is 0. The summed E-state index contributed by atoms with van der Waals surface area (Å²) < 4.78 is 13.0. The van der Waals surface area contributed by atoms with E-state index in [1.807, 2.05) is 13.0 Å². The molecule has 1 N–H and O–H groups in total. The topological polar surface area (TPSA) is 78.1 Å². The van der Waals surface area contributed by atoms with E-state index in [1.54, 1.807) is 37.3 Å². The fourth-order valence-corrected chi connectivity index (χ4v) is 3.71. The van der Waals surface area contributed by atoms with Crippen molar-refractivity contribution >= 4 is 22.8 Å². The van der Waals surface area contributed by atoms with Gasteiger partial charge in [-0.2, -0.15) is 10.3 Å². The van der Waals surface area contributed by atoms with Gasteiger partial charge in [0, 0.05) is 11.8 Å². The Morgan fingerprint density at radius 3 is 2.84 bits per heavy atom. The Bertz CT molecular complexity index is 908. The number of thioether (sulfide) groups is 1. The molecule has 0 spiro atoms. The SMILES string of the molecule is C[C@H](NC1=NC(=O)C(C)(c2ccnc(C#N)c2)S1)c1ccccc1F. The van der Waals surface area contributed by atoms with Gasteiger partial charge in [0.15, 0.2) is 5.17 Å². The molecule has 2 atom stereocenters. The molecule has 1 aromatic carbocycles. The fraction of sp³-hybridized carbons (Fsp3) is 0.222. The number of amidine groups is 1. The monoisotopic (exact) mass is 354 g/mol. The molecule has 1 amide bonds.